The zero-order valence-corrected chi connectivity index (χ0v) is 13.4. The van der Waals surface area contributed by atoms with Gasteiger partial charge in [-0.15, -0.1) is 10.2 Å². The number of nitrogens with two attached hydrogens (primary N) is 1. The molecule has 23 heavy (non-hydrogen) atoms. The van der Waals surface area contributed by atoms with Crippen LogP contribution in [0.1, 0.15) is 42.6 Å². The van der Waals surface area contributed by atoms with Crippen LogP contribution < -0.4 is 11.4 Å². The molecule has 0 amide bonds. The summed E-state index contributed by atoms with van der Waals surface area (Å²) in [5.74, 6) is 7.95. The Labute approximate surface area is 136 Å². The SMILES string of the molecule is C[C@@H](Sc1nnc(C2CC2)n1N)c1nc2ccccc2c(=O)[nH]1. The average molecular weight is 328 g/mol. The molecule has 0 aliphatic heterocycles. The highest BCUT2D eigenvalue weighted by molar-refractivity contribution is 7.99. The van der Waals surface area contributed by atoms with Gasteiger partial charge in [-0.3, -0.25) is 4.79 Å². The molecule has 1 aliphatic carbocycles. The quantitative estimate of drug-likeness (QED) is 0.560. The smallest absolute Gasteiger partial charge is 0.258 e. The van der Waals surface area contributed by atoms with Gasteiger partial charge in [0, 0.05) is 5.92 Å². The number of aromatic nitrogens is 5. The molecule has 8 heteroatoms. The zero-order valence-electron chi connectivity index (χ0n) is 12.6. The molecule has 0 unspecified atom stereocenters. The molecule has 2 aromatic heterocycles. The van der Waals surface area contributed by atoms with Crippen LogP contribution in [-0.4, -0.2) is 24.8 Å². The Kier molecular flexibility index (Phi) is 3.33. The highest BCUT2D eigenvalue weighted by atomic mass is 32.2. The summed E-state index contributed by atoms with van der Waals surface area (Å²) >= 11 is 1.44. The first-order valence-electron chi connectivity index (χ1n) is 7.49. The van der Waals surface area contributed by atoms with Crippen LogP contribution >= 0.6 is 11.8 Å². The fourth-order valence-electron chi connectivity index (χ4n) is 2.50. The summed E-state index contributed by atoms with van der Waals surface area (Å²) in [6.45, 7) is 1.96. The van der Waals surface area contributed by atoms with Gasteiger partial charge in [-0.25, -0.2) is 9.66 Å². The van der Waals surface area contributed by atoms with Crippen LogP contribution in [0.5, 0.6) is 0 Å². The van der Waals surface area contributed by atoms with E-state index in [-0.39, 0.29) is 10.8 Å². The topological polar surface area (TPSA) is 102 Å². The third kappa shape index (κ3) is 2.59. The van der Waals surface area contributed by atoms with E-state index in [1.165, 1.54) is 11.8 Å². The van der Waals surface area contributed by atoms with Crippen molar-refractivity contribution in [2.75, 3.05) is 5.84 Å². The minimum atomic E-state index is -0.133. The molecule has 1 fully saturated rings. The number of nitrogens with one attached hydrogen (secondary N) is 1. The molecule has 1 atom stereocenters. The minimum absolute atomic E-state index is 0.0918. The molecule has 3 aromatic rings. The zero-order chi connectivity index (χ0) is 16.0. The Morgan fingerprint density at radius 3 is 2.91 bits per heavy atom. The van der Waals surface area contributed by atoms with Crippen LogP contribution in [-0.2, 0) is 0 Å². The van der Waals surface area contributed by atoms with E-state index in [0.717, 1.165) is 18.7 Å². The number of fused-ring (bicyclic) bond motifs is 1. The number of nitrogens with zero attached hydrogens (tertiary/aromatic N) is 4. The van der Waals surface area contributed by atoms with E-state index in [0.29, 0.717) is 27.8 Å². The summed E-state index contributed by atoms with van der Waals surface area (Å²) in [5, 5.41) is 9.46. The molecule has 0 radical (unpaired) electrons. The summed E-state index contributed by atoms with van der Waals surface area (Å²) < 4.78 is 1.55. The van der Waals surface area contributed by atoms with Crippen LogP contribution in [0.15, 0.2) is 34.2 Å². The van der Waals surface area contributed by atoms with Crippen molar-refractivity contribution in [3.05, 3.63) is 46.3 Å². The second-order valence-electron chi connectivity index (χ2n) is 5.71. The second kappa shape index (κ2) is 5.38. The maximum absolute atomic E-state index is 12.2. The standard InChI is InChI=1S/C15H16N6OS/c1-8(23-15-20-19-13(21(15)16)9-6-7-9)12-17-11-5-3-2-4-10(11)14(22)18-12/h2-5,8-9H,6-7,16H2,1H3,(H,17,18,22)/t8-/m1/s1. The molecule has 1 aromatic carbocycles. The minimum Gasteiger partial charge on any atom is -0.336 e. The molecule has 1 saturated carbocycles. The number of para-hydroxylation sites is 1. The third-order valence-corrected chi connectivity index (χ3v) is 5.00. The van der Waals surface area contributed by atoms with Gasteiger partial charge in [-0.2, -0.15) is 0 Å². The van der Waals surface area contributed by atoms with Crippen molar-refractivity contribution in [3.63, 3.8) is 0 Å². The molecule has 2 heterocycles. The van der Waals surface area contributed by atoms with Gasteiger partial charge < -0.3 is 10.8 Å². The van der Waals surface area contributed by atoms with Gasteiger partial charge in [-0.1, -0.05) is 23.9 Å². The van der Waals surface area contributed by atoms with E-state index in [2.05, 4.69) is 20.2 Å². The summed E-state index contributed by atoms with van der Waals surface area (Å²) in [4.78, 5) is 19.5. The molecule has 7 nitrogen and oxygen atoms in total. The van der Waals surface area contributed by atoms with E-state index in [4.69, 9.17) is 5.84 Å². The molecule has 3 N–H and O–H groups in total. The van der Waals surface area contributed by atoms with Gasteiger partial charge in [0.1, 0.15) is 5.82 Å². The lowest BCUT2D eigenvalue weighted by atomic mass is 10.2. The number of H-pyrrole nitrogens is 1. The Morgan fingerprint density at radius 1 is 1.35 bits per heavy atom. The molecular weight excluding hydrogens is 312 g/mol. The van der Waals surface area contributed by atoms with E-state index >= 15 is 0 Å². The lowest BCUT2D eigenvalue weighted by Crippen LogP contribution is -2.15. The molecule has 0 saturated heterocycles. The van der Waals surface area contributed by atoms with Gasteiger partial charge in [0.05, 0.1) is 16.2 Å². The van der Waals surface area contributed by atoms with Gasteiger partial charge in [-0.05, 0) is 31.9 Å². The van der Waals surface area contributed by atoms with Crippen LogP contribution in [0.25, 0.3) is 10.9 Å². The fourth-order valence-corrected chi connectivity index (χ4v) is 3.33. The van der Waals surface area contributed by atoms with Crippen LogP contribution in [0, 0.1) is 0 Å². The van der Waals surface area contributed by atoms with E-state index < -0.39 is 0 Å². The lowest BCUT2D eigenvalue weighted by molar-refractivity contribution is 0.785. The first kappa shape index (κ1) is 14.3. The second-order valence-corrected chi connectivity index (χ2v) is 7.02. The normalized spacial score (nSPS) is 15.9. The van der Waals surface area contributed by atoms with Crippen molar-refractivity contribution in [2.24, 2.45) is 0 Å². The summed E-state index contributed by atoms with van der Waals surface area (Å²) in [6.07, 6.45) is 2.24. The number of benzene rings is 1. The van der Waals surface area contributed by atoms with Gasteiger partial charge in [0.15, 0.2) is 5.82 Å². The Hall–Kier alpha value is -2.35. The van der Waals surface area contributed by atoms with Gasteiger partial charge in [0.25, 0.3) is 5.56 Å². The van der Waals surface area contributed by atoms with Crippen LogP contribution in [0.2, 0.25) is 0 Å². The van der Waals surface area contributed by atoms with Crippen LogP contribution in [0.4, 0.5) is 0 Å². The van der Waals surface area contributed by atoms with E-state index in [1.54, 1.807) is 10.7 Å². The van der Waals surface area contributed by atoms with E-state index in [9.17, 15) is 4.79 Å². The van der Waals surface area contributed by atoms with Crippen LogP contribution in [0.3, 0.4) is 0 Å². The number of nitrogen functional groups attached to an aromatic ring is 1. The van der Waals surface area contributed by atoms with Crippen molar-refractivity contribution >= 4 is 22.7 Å². The van der Waals surface area contributed by atoms with Crippen molar-refractivity contribution in [3.8, 4) is 0 Å². The highest BCUT2D eigenvalue weighted by Crippen LogP contribution is 2.40. The number of hydrogen-bond acceptors (Lipinski definition) is 6. The molecule has 1 aliphatic rings. The third-order valence-electron chi connectivity index (χ3n) is 3.93. The van der Waals surface area contributed by atoms with Crippen molar-refractivity contribution in [1.29, 1.82) is 0 Å². The monoisotopic (exact) mass is 328 g/mol. The maximum Gasteiger partial charge on any atom is 0.258 e. The molecule has 118 valence electrons. The number of aromatic amines is 1. The van der Waals surface area contributed by atoms with Gasteiger partial charge >= 0.3 is 0 Å². The average Bonchev–Trinajstić information content (AvgIpc) is 3.33. The fraction of sp³-hybridized carbons (Fsp3) is 0.333. The Balaban J connectivity index is 1.64. The van der Waals surface area contributed by atoms with Crippen molar-refractivity contribution in [2.45, 2.75) is 36.1 Å². The molecule has 0 bridgehead atoms. The predicted molar refractivity (Wildman–Crippen MR) is 88.8 cm³/mol. The number of thioether (sulfide) groups is 1. The summed E-state index contributed by atoms with van der Waals surface area (Å²) in [7, 11) is 0. The Bertz CT molecular complexity index is 929. The largest absolute Gasteiger partial charge is 0.336 e. The van der Waals surface area contributed by atoms with Crippen molar-refractivity contribution in [1.82, 2.24) is 24.8 Å². The number of rotatable bonds is 4. The molecule has 4 rings (SSSR count). The first-order valence-corrected chi connectivity index (χ1v) is 8.37. The lowest BCUT2D eigenvalue weighted by Gasteiger charge is -2.10. The Morgan fingerprint density at radius 2 is 2.13 bits per heavy atom. The van der Waals surface area contributed by atoms with Gasteiger partial charge in [0.2, 0.25) is 5.16 Å². The predicted octanol–water partition coefficient (Wildman–Crippen LogP) is 1.96. The van der Waals surface area contributed by atoms with E-state index in [1.807, 2.05) is 25.1 Å². The highest BCUT2D eigenvalue weighted by Gasteiger charge is 2.30. The molecule has 0 spiro atoms. The molecular formula is C15H16N6OS. The summed E-state index contributed by atoms with van der Waals surface area (Å²) in [5.41, 5.74) is 0.553. The first-order chi connectivity index (χ1) is 11.1. The number of hydrogen-bond donors (Lipinski definition) is 2. The maximum atomic E-state index is 12.2. The summed E-state index contributed by atoms with van der Waals surface area (Å²) in [6, 6.07) is 7.30. The van der Waals surface area contributed by atoms with Crippen molar-refractivity contribution < 1.29 is 0 Å².